The minimum absolute atomic E-state index is 0.363. The maximum atomic E-state index is 4.42. The largest absolute Gasteiger partial charge is 0.371 e. The molecule has 1 fully saturated rings. The Morgan fingerprint density at radius 1 is 1.75 bits per heavy atom. The Labute approximate surface area is 78.6 Å². The smallest absolute Gasteiger partial charge is 0.0845 e. The molecule has 3 unspecified atom stereocenters. The fourth-order valence-electron chi connectivity index (χ4n) is 1.88. The van der Waals surface area contributed by atoms with Crippen molar-refractivity contribution < 1.29 is 0 Å². The quantitative estimate of drug-likeness (QED) is 0.576. The van der Waals surface area contributed by atoms with Crippen molar-refractivity contribution in [1.29, 1.82) is 0 Å². The van der Waals surface area contributed by atoms with Crippen molar-refractivity contribution in [3.8, 4) is 0 Å². The van der Waals surface area contributed by atoms with Crippen LogP contribution in [0.2, 0.25) is 0 Å². The number of likely N-dealkylation sites (tertiary alicyclic amines) is 1. The first kappa shape index (κ1) is 8.38. The Balaban J connectivity index is 1.96. The molecule has 2 aliphatic rings. The number of rotatable bonds is 1. The summed E-state index contributed by atoms with van der Waals surface area (Å²) in [6, 6.07) is 1.06. The summed E-state index contributed by atoms with van der Waals surface area (Å²) in [5.41, 5.74) is 0. The van der Waals surface area contributed by atoms with E-state index in [0.29, 0.717) is 17.5 Å². The molecule has 3 atom stereocenters. The summed E-state index contributed by atoms with van der Waals surface area (Å²) in [7, 11) is 0. The van der Waals surface area contributed by atoms with E-state index in [1.165, 1.54) is 6.42 Å². The third kappa shape index (κ3) is 1.45. The second-order valence-corrected chi connectivity index (χ2v) is 4.28. The Kier molecular flexibility index (Phi) is 2.28. The molecule has 1 N–H and O–H groups in total. The molecule has 0 aliphatic carbocycles. The summed E-state index contributed by atoms with van der Waals surface area (Å²) in [5.74, 6) is 0. The number of fused-ring (bicyclic) bond motifs is 1. The predicted molar refractivity (Wildman–Crippen MR) is 53.8 cm³/mol. The zero-order valence-electron chi connectivity index (χ0n) is 7.27. The highest BCUT2D eigenvalue weighted by Crippen LogP contribution is 2.19. The van der Waals surface area contributed by atoms with E-state index in [0.717, 1.165) is 13.1 Å². The summed E-state index contributed by atoms with van der Waals surface area (Å²) in [6.07, 6.45) is 3.04. The third-order valence-electron chi connectivity index (χ3n) is 2.70. The summed E-state index contributed by atoms with van der Waals surface area (Å²) >= 11 is 4.42. The normalized spacial score (nSPS) is 37.5. The average molecular weight is 185 g/mol. The molecular weight excluding hydrogens is 170 g/mol. The first-order valence-electron chi connectivity index (χ1n) is 4.47. The fraction of sp³-hybridized carbons (Fsp3) is 0.875. The summed E-state index contributed by atoms with van der Waals surface area (Å²) in [4.78, 5) is 6.75. The van der Waals surface area contributed by atoms with Crippen LogP contribution in [0.3, 0.4) is 0 Å². The Hall–Kier alpha value is -0.220. The van der Waals surface area contributed by atoms with Crippen LogP contribution >= 0.6 is 12.6 Å². The summed E-state index contributed by atoms with van der Waals surface area (Å²) < 4.78 is 0. The van der Waals surface area contributed by atoms with Gasteiger partial charge in [-0.3, -0.25) is 9.89 Å². The molecule has 0 bridgehead atoms. The van der Waals surface area contributed by atoms with Crippen molar-refractivity contribution in [3.63, 3.8) is 0 Å². The number of aliphatic imine (C=N–C) groups is 1. The van der Waals surface area contributed by atoms with Crippen LogP contribution < -0.4 is 5.32 Å². The Bertz CT molecular complexity index is 193. The topological polar surface area (TPSA) is 27.6 Å². The van der Waals surface area contributed by atoms with E-state index in [9.17, 15) is 0 Å². The van der Waals surface area contributed by atoms with Gasteiger partial charge in [0.05, 0.1) is 18.4 Å². The van der Waals surface area contributed by atoms with Gasteiger partial charge in [-0.25, -0.2) is 0 Å². The van der Waals surface area contributed by atoms with E-state index >= 15 is 0 Å². The van der Waals surface area contributed by atoms with Gasteiger partial charge in [0, 0.05) is 18.5 Å². The van der Waals surface area contributed by atoms with Crippen LogP contribution in [0.4, 0.5) is 0 Å². The zero-order chi connectivity index (χ0) is 8.55. The fourth-order valence-corrected chi connectivity index (χ4v) is 2.09. The molecule has 0 aromatic heterocycles. The highest BCUT2D eigenvalue weighted by atomic mass is 32.1. The molecule has 0 aromatic rings. The number of piperidine rings is 1. The van der Waals surface area contributed by atoms with E-state index < -0.39 is 0 Å². The first-order valence-corrected chi connectivity index (χ1v) is 4.99. The number of nitrogens with zero attached hydrogens (tertiary/aromatic N) is 2. The average Bonchev–Trinajstić information content (AvgIpc) is 2.49. The standard InChI is InChI=1S/C8H15N3S/c1-6(12)11-3-2-7-8(4-11)10-5-9-7/h5-8,12H,2-4H2,1H3,(H,9,10). The monoisotopic (exact) mass is 185 g/mol. The van der Waals surface area contributed by atoms with Crippen LogP contribution in [0.5, 0.6) is 0 Å². The summed E-state index contributed by atoms with van der Waals surface area (Å²) in [5, 5.41) is 3.64. The molecule has 1 saturated heterocycles. The van der Waals surface area contributed by atoms with Crippen molar-refractivity contribution in [3.05, 3.63) is 0 Å². The van der Waals surface area contributed by atoms with E-state index in [2.05, 4.69) is 34.8 Å². The van der Waals surface area contributed by atoms with Crippen LogP contribution in [0.15, 0.2) is 4.99 Å². The lowest BCUT2D eigenvalue weighted by molar-refractivity contribution is 0.188. The van der Waals surface area contributed by atoms with Gasteiger partial charge < -0.3 is 5.32 Å². The number of hydrogen-bond acceptors (Lipinski definition) is 4. The Morgan fingerprint density at radius 3 is 3.33 bits per heavy atom. The van der Waals surface area contributed by atoms with E-state index in [1.54, 1.807) is 0 Å². The van der Waals surface area contributed by atoms with Gasteiger partial charge in [-0.1, -0.05) is 0 Å². The first-order chi connectivity index (χ1) is 5.77. The van der Waals surface area contributed by atoms with E-state index in [1.807, 2.05) is 6.34 Å². The van der Waals surface area contributed by atoms with Crippen molar-refractivity contribution in [1.82, 2.24) is 10.2 Å². The zero-order valence-corrected chi connectivity index (χ0v) is 8.17. The molecular formula is C8H15N3S. The molecule has 2 heterocycles. The van der Waals surface area contributed by atoms with Gasteiger partial charge in [0.15, 0.2) is 0 Å². The van der Waals surface area contributed by atoms with Gasteiger partial charge in [0.1, 0.15) is 0 Å². The van der Waals surface area contributed by atoms with Gasteiger partial charge in [-0.2, -0.15) is 12.6 Å². The maximum absolute atomic E-state index is 4.42. The number of thiol groups is 1. The molecule has 12 heavy (non-hydrogen) atoms. The molecule has 2 rings (SSSR count). The number of nitrogens with one attached hydrogen (secondary N) is 1. The Morgan fingerprint density at radius 2 is 2.58 bits per heavy atom. The van der Waals surface area contributed by atoms with Crippen molar-refractivity contribution in [2.24, 2.45) is 4.99 Å². The van der Waals surface area contributed by atoms with Gasteiger partial charge >= 0.3 is 0 Å². The lowest BCUT2D eigenvalue weighted by Gasteiger charge is -2.35. The van der Waals surface area contributed by atoms with Crippen LogP contribution in [-0.4, -0.2) is 41.8 Å². The SMILES string of the molecule is CC(S)N1CCC2NC=NC2C1. The molecule has 0 saturated carbocycles. The molecule has 2 aliphatic heterocycles. The molecule has 3 nitrogen and oxygen atoms in total. The molecule has 0 amide bonds. The molecule has 0 spiro atoms. The van der Waals surface area contributed by atoms with Crippen molar-refractivity contribution >= 4 is 19.0 Å². The highest BCUT2D eigenvalue weighted by molar-refractivity contribution is 7.80. The lowest BCUT2D eigenvalue weighted by atomic mass is 10.0. The van der Waals surface area contributed by atoms with Crippen molar-refractivity contribution in [2.45, 2.75) is 30.8 Å². The molecule has 4 heteroatoms. The van der Waals surface area contributed by atoms with Crippen LogP contribution in [0.25, 0.3) is 0 Å². The second-order valence-electron chi connectivity index (χ2n) is 3.53. The van der Waals surface area contributed by atoms with E-state index in [-0.39, 0.29) is 0 Å². The highest BCUT2D eigenvalue weighted by Gasteiger charge is 2.31. The van der Waals surface area contributed by atoms with Crippen molar-refractivity contribution in [2.75, 3.05) is 13.1 Å². The van der Waals surface area contributed by atoms with Gasteiger partial charge in [0.2, 0.25) is 0 Å². The minimum atomic E-state index is 0.363. The van der Waals surface area contributed by atoms with Gasteiger partial charge in [0.25, 0.3) is 0 Å². The number of hydrogen-bond donors (Lipinski definition) is 2. The van der Waals surface area contributed by atoms with Crippen LogP contribution in [0, 0.1) is 0 Å². The molecule has 0 radical (unpaired) electrons. The van der Waals surface area contributed by atoms with Crippen LogP contribution in [-0.2, 0) is 0 Å². The summed E-state index contributed by atoms with van der Waals surface area (Å²) in [6.45, 7) is 4.32. The van der Waals surface area contributed by atoms with E-state index in [4.69, 9.17) is 0 Å². The molecule has 68 valence electrons. The lowest BCUT2D eigenvalue weighted by Crippen LogP contribution is -2.49. The predicted octanol–water partition coefficient (Wildman–Crippen LogP) is 0.337. The van der Waals surface area contributed by atoms with Gasteiger partial charge in [-0.15, -0.1) is 0 Å². The maximum Gasteiger partial charge on any atom is 0.0845 e. The second kappa shape index (κ2) is 3.26. The third-order valence-corrected chi connectivity index (χ3v) is 3.02. The molecule has 0 aromatic carbocycles. The van der Waals surface area contributed by atoms with Gasteiger partial charge in [-0.05, 0) is 13.3 Å². The van der Waals surface area contributed by atoms with Crippen LogP contribution in [0.1, 0.15) is 13.3 Å². The minimum Gasteiger partial charge on any atom is -0.371 e.